The molecule has 4 nitrogen and oxygen atoms in total. The van der Waals surface area contributed by atoms with E-state index in [0.29, 0.717) is 12.4 Å². The average Bonchev–Trinajstić information content (AvgIpc) is 2.39. The molecule has 2 aromatic rings. The molecule has 1 aromatic heterocycles. The van der Waals surface area contributed by atoms with Gasteiger partial charge in [-0.15, -0.1) is 0 Å². The highest BCUT2D eigenvalue weighted by molar-refractivity contribution is 5.64. The number of benzene rings is 1. The normalized spacial score (nSPS) is 12.2. The number of aliphatic hydroxyl groups excluding tert-OH is 1. The summed E-state index contributed by atoms with van der Waals surface area (Å²) in [5.41, 5.74) is 2.40. The molecule has 4 heteroatoms. The molecule has 0 unspecified atom stereocenters. The first-order valence-corrected chi connectivity index (χ1v) is 6.37. The van der Waals surface area contributed by atoms with Crippen molar-refractivity contribution in [2.45, 2.75) is 26.9 Å². The molecule has 0 fully saturated rings. The summed E-state index contributed by atoms with van der Waals surface area (Å²) >= 11 is 0. The zero-order valence-electron chi connectivity index (χ0n) is 11.4. The van der Waals surface area contributed by atoms with Gasteiger partial charge in [-0.25, -0.2) is 9.97 Å². The number of nitrogens with zero attached hydrogens (tertiary/aromatic N) is 2. The summed E-state index contributed by atoms with van der Waals surface area (Å²) in [5.74, 6) is 1.39. The van der Waals surface area contributed by atoms with Crippen molar-refractivity contribution >= 4 is 0 Å². The zero-order chi connectivity index (χ0) is 13.8. The minimum absolute atomic E-state index is 0.559. The van der Waals surface area contributed by atoms with Gasteiger partial charge in [0, 0.05) is 17.5 Å². The van der Waals surface area contributed by atoms with E-state index in [-0.39, 0.29) is 0 Å². The van der Waals surface area contributed by atoms with E-state index in [4.69, 9.17) is 4.74 Å². The van der Waals surface area contributed by atoms with Crippen LogP contribution < -0.4 is 4.74 Å². The molecule has 2 rings (SSSR count). The smallest absolute Gasteiger partial charge is 0.163 e. The highest BCUT2D eigenvalue weighted by Gasteiger charge is 2.12. The Bertz CT molecular complexity index is 568. The minimum atomic E-state index is -0.559. The van der Waals surface area contributed by atoms with Gasteiger partial charge < -0.3 is 9.84 Å². The lowest BCUT2D eigenvalue weighted by molar-refractivity contribution is 0.197. The molecule has 1 atom stereocenters. The van der Waals surface area contributed by atoms with E-state index in [1.807, 2.05) is 38.1 Å². The number of rotatable bonds is 4. The molecule has 0 bridgehead atoms. The fourth-order valence-corrected chi connectivity index (χ4v) is 1.95. The molecular formula is C15H18N2O2. The number of aryl methyl sites for hydroxylation is 1. The number of hydrogen-bond acceptors (Lipinski definition) is 4. The molecule has 0 radical (unpaired) electrons. The third-order valence-corrected chi connectivity index (χ3v) is 2.90. The molecule has 0 spiro atoms. The maximum Gasteiger partial charge on any atom is 0.163 e. The van der Waals surface area contributed by atoms with Gasteiger partial charge in [0.15, 0.2) is 5.82 Å². The quantitative estimate of drug-likeness (QED) is 0.916. The maximum atomic E-state index is 9.60. The molecule has 1 N–H and O–H groups in total. The van der Waals surface area contributed by atoms with Crippen molar-refractivity contribution in [2.24, 2.45) is 0 Å². The van der Waals surface area contributed by atoms with Crippen LogP contribution in [0.15, 0.2) is 30.5 Å². The second-order valence-corrected chi connectivity index (χ2v) is 4.34. The maximum absolute atomic E-state index is 9.60. The van der Waals surface area contributed by atoms with Gasteiger partial charge >= 0.3 is 0 Å². The summed E-state index contributed by atoms with van der Waals surface area (Å²) in [4.78, 5) is 8.78. The van der Waals surface area contributed by atoms with E-state index < -0.39 is 6.10 Å². The molecule has 1 heterocycles. The number of aliphatic hydroxyl groups is 1. The van der Waals surface area contributed by atoms with Crippen LogP contribution in [-0.2, 0) is 0 Å². The summed E-state index contributed by atoms with van der Waals surface area (Å²) < 4.78 is 5.58. The van der Waals surface area contributed by atoms with Gasteiger partial charge in [-0.1, -0.05) is 12.1 Å². The Morgan fingerprint density at radius 1 is 1.32 bits per heavy atom. The minimum Gasteiger partial charge on any atom is -0.493 e. The van der Waals surface area contributed by atoms with Crippen molar-refractivity contribution in [3.05, 3.63) is 41.7 Å². The van der Waals surface area contributed by atoms with Crippen molar-refractivity contribution in [2.75, 3.05) is 6.61 Å². The Kier molecular flexibility index (Phi) is 4.12. The van der Waals surface area contributed by atoms with E-state index in [1.165, 1.54) is 0 Å². The SMILES string of the molecule is CCOc1ccccc1-c1ncc([C@H](C)O)c(C)n1. The van der Waals surface area contributed by atoms with Gasteiger partial charge in [0.1, 0.15) is 5.75 Å². The van der Waals surface area contributed by atoms with E-state index in [0.717, 1.165) is 22.6 Å². The van der Waals surface area contributed by atoms with Crippen LogP contribution in [0.3, 0.4) is 0 Å². The second-order valence-electron chi connectivity index (χ2n) is 4.34. The predicted molar refractivity (Wildman–Crippen MR) is 74.0 cm³/mol. The van der Waals surface area contributed by atoms with Crippen LogP contribution in [0, 0.1) is 6.92 Å². The van der Waals surface area contributed by atoms with Crippen molar-refractivity contribution in [1.29, 1.82) is 0 Å². The van der Waals surface area contributed by atoms with Crippen LogP contribution in [0.1, 0.15) is 31.2 Å². The monoisotopic (exact) mass is 258 g/mol. The lowest BCUT2D eigenvalue weighted by atomic mass is 10.1. The van der Waals surface area contributed by atoms with Gasteiger partial charge in [-0.3, -0.25) is 0 Å². The Hall–Kier alpha value is -1.94. The lowest BCUT2D eigenvalue weighted by Crippen LogP contribution is -2.02. The standard InChI is InChI=1S/C15H18N2O2/c1-4-19-14-8-6-5-7-12(14)15-16-9-13(11(3)18)10(2)17-15/h5-9,11,18H,4H2,1-3H3/t11-/m0/s1. The van der Waals surface area contributed by atoms with Crippen LogP contribution in [0.2, 0.25) is 0 Å². The van der Waals surface area contributed by atoms with Gasteiger partial charge in [0.2, 0.25) is 0 Å². The molecule has 0 aliphatic heterocycles. The molecule has 1 aromatic carbocycles. The first kappa shape index (κ1) is 13.5. The number of ether oxygens (including phenoxy) is 1. The summed E-state index contributed by atoms with van der Waals surface area (Å²) in [5, 5.41) is 9.60. The largest absolute Gasteiger partial charge is 0.493 e. The van der Waals surface area contributed by atoms with Crippen LogP contribution in [-0.4, -0.2) is 21.7 Å². The first-order valence-electron chi connectivity index (χ1n) is 6.37. The van der Waals surface area contributed by atoms with Gasteiger partial charge in [0.25, 0.3) is 0 Å². The highest BCUT2D eigenvalue weighted by Crippen LogP contribution is 2.28. The van der Waals surface area contributed by atoms with E-state index in [1.54, 1.807) is 13.1 Å². The van der Waals surface area contributed by atoms with Crippen molar-refractivity contribution in [3.63, 3.8) is 0 Å². The van der Waals surface area contributed by atoms with Crippen LogP contribution in [0.25, 0.3) is 11.4 Å². The van der Waals surface area contributed by atoms with Crippen LogP contribution in [0.4, 0.5) is 0 Å². The van der Waals surface area contributed by atoms with Gasteiger partial charge in [-0.2, -0.15) is 0 Å². The Balaban J connectivity index is 2.45. The highest BCUT2D eigenvalue weighted by atomic mass is 16.5. The van der Waals surface area contributed by atoms with Crippen molar-refractivity contribution < 1.29 is 9.84 Å². The van der Waals surface area contributed by atoms with Crippen molar-refractivity contribution in [3.8, 4) is 17.1 Å². The number of hydrogen-bond donors (Lipinski definition) is 1. The van der Waals surface area contributed by atoms with Gasteiger partial charge in [-0.05, 0) is 32.9 Å². The molecule has 0 amide bonds. The van der Waals surface area contributed by atoms with E-state index >= 15 is 0 Å². The molecule has 19 heavy (non-hydrogen) atoms. The van der Waals surface area contributed by atoms with Crippen LogP contribution in [0.5, 0.6) is 5.75 Å². The predicted octanol–water partition coefficient (Wildman–Crippen LogP) is 2.90. The lowest BCUT2D eigenvalue weighted by Gasteiger charge is -2.11. The van der Waals surface area contributed by atoms with E-state index in [2.05, 4.69) is 9.97 Å². The Morgan fingerprint density at radius 2 is 2.05 bits per heavy atom. The summed E-state index contributed by atoms with van der Waals surface area (Å²) in [6, 6.07) is 7.69. The number of para-hydroxylation sites is 1. The molecule has 0 saturated carbocycles. The Morgan fingerprint density at radius 3 is 2.68 bits per heavy atom. The second kappa shape index (κ2) is 5.80. The van der Waals surface area contributed by atoms with E-state index in [9.17, 15) is 5.11 Å². The van der Waals surface area contributed by atoms with Crippen molar-refractivity contribution in [1.82, 2.24) is 9.97 Å². The topological polar surface area (TPSA) is 55.2 Å². The molecule has 100 valence electrons. The zero-order valence-corrected chi connectivity index (χ0v) is 11.4. The molecule has 0 saturated heterocycles. The number of aromatic nitrogens is 2. The summed E-state index contributed by atoms with van der Waals surface area (Å²) in [6.45, 7) is 6.12. The van der Waals surface area contributed by atoms with Gasteiger partial charge in [0.05, 0.1) is 18.3 Å². The fourth-order valence-electron chi connectivity index (χ4n) is 1.95. The third kappa shape index (κ3) is 2.90. The fraction of sp³-hybridized carbons (Fsp3) is 0.333. The average molecular weight is 258 g/mol. The Labute approximate surface area is 113 Å². The first-order chi connectivity index (χ1) is 9.13. The third-order valence-electron chi connectivity index (χ3n) is 2.90. The molecule has 0 aliphatic carbocycles. The summed E-state index contributed by atoms with van der Waals surface area (Å²) in [7, 11) is 0. The molecular weight excluding hydrogens is 240 g/mol. The molecule has 0 aliphatic rings. The van der Waals surface area contributed by atoms with Crippen LogP contribution >= 0.6 is 0 Å². The summed E-state index contributed by atoms with van der Waals surface area (Å²) in [6.07, 6.45) is 1.11.